The zero-order chi connectivity index (χ0) is 8.27. The molecular weight excluding hydrogens is 158 g/mol. The molecular formula is C8H10NOS-. The van der Waals surface area contributed by atoms with Crippen molar-refractivity contribution < 1.29 is 4.21 Å². The molecule has 0 saturated heterocycles. The van der Waals surface area contributed by atoms with E-state index in [-0.39, 0.29) is 0 Å². The van der Waals surface area contributed by atoms with Gasteiger partial charge in [-0.2, -0.15) is 16.4 Å². The molecule has 0 aliphatic heterocycles. The quantitative estimate of drug-likeness (QED) is 0.528. The minimum absolute atomic E-state index is 0.837. The molecule has 0 aliphatic rings. The van der Waals surface area contributed by atoms with E-state index in [9.17, 15) is 4.21 Å². The SMILES string of the molecule is C=[S-](=O)Nc1ccc(C)cc1. The van der Waals surface area contributed by atoms with Crippen LogP contribution in [-0.2, 0) is 14.8 Å². The second kappa shape index (κ2) is 3.44. The second-order valence-corrected chi connectivity index (χ2v) is 3.21. The van der Waals surface area contributed by atoms with E-state index in [0.29, 0.717) is 0 Å². The molecule has 1 N–H and O–H groups in total. The van der Waals surface area contributed by atoms with Crippen LogP contribution in [-0.4, -0.2) is 5.87 Å². The second-order valence-electron chi connectivity index (χ2n) is 2.31. The molecule has 0 spiro atoms. The highest BCUT2D eigenvalue weighted by Gasteiger charge is 1.83. The normalized spacial score (nSPS) is 10.0. The Morgan fingerprint density at radius 1 is 1.36 bits per heavy atom. The third kappa shape index (κ3) is 2.63. The third-order valence-corrected chi connectivity index (χ3v) is 1.75. The summed E-state index contributed by atoms with van der Waals surface area (Å²) < 4.78 is 13.3. The van der Waals surface area contributed by atoms with Crippen LogP contribution in [0.2, 0.25) is 0 Å². The van der Waals surface area contributed by atoms with Crippen molar-refractivity contribution in [2.75, 3.05) is 4.72 Å². The van der Waals surface area contributed by atoms with Gasteiger partial charge in [0.2, 0.25) is 0 Å². The van der Waals surface area contributed by atoms with E-state index in [2.05, 4.69) is 10.6 Å². The monoisotopic (exact) mass is 168 g/mol. The fraction of sp³-hybridized carbons (Fsp3) is 0.125. The van der Waals surface area contributed by atoms with Gasteiger partial charge in [-0.15, -0.1) is 0 Å². The van der Waals surface area contributed by atoms with Gasteiger partial charge in [0.1, 0.15) is 0 Å². The van der Waals surface area contributed by atoms with Crippen molar-refractivity contribution in [1.82, 2.24) is 0 Å². The van der Waals surface area contributed by atoms with Crippen molar-refractivity contribution in [2.24, 2.45) is 0 Å². The maximum absolute atomic E-state index is 10.6. The van der Waals surface area contributed by atoms with Gasteiger partial charge in [0.25, 0.3) is 0 Å². The Bertz CT molecular complexity index is 292. The molecule has 0 radical (unpaired) electrons. The number of hydrogen-bond acceptors (Lipinski definition) is 2. The van der Waals surface area contributed by atoms with Crippen LogP contribution in [0.3, 0.4) is 0 Å². The summed E-state index contributed by atoms with van der Waals surface area (Å²) in [6.07, 6.45) is 0. The number of anilines is 1. The first kappa shape index (κ1) is 8.14. The number of aryl methyl sites for hydroxylation is 1. The van der Waals surface area contributed by atoms with Crippen molar-refractivity contribution in [3.8, 4) is 0 Å². The van der Waals surface area contributed by atoms with Gasteiger partial charge in [-0.25, -0.2) is 0 Å². The Morgan fingerprint density at radius 2 is 1.91 bits per heavy atom. The maximum atomic E-state index is 10.6. The standard InChI is InChI=1S/C8H10NOS/c1-7-3-5-8(6-4-7)9-11(2)10/h3-6H,2H2,1H3,(H,9,10)/q-1. The van der Waals surface area contributed by atoms with Gasteiger partial charge in [0, 0.05) is 5.69 Å². The Morgan fingerprint density at radius 3 is 2.36 bits per heavy atom. The lowest BCUT2D eigenvalue weighted by molar-refractivity contribution is 0.605. The van der Waals surface area contributed by atoms with Gasteiger partial charge in [-0.1, -0.05) is 17.7 Å². The summed E-state index contributed by atoms with van der Waals surface area (Å²) in [5, 5.41) is 0. The van der Waals surface area contributed by atoms with Crippen LogP contribution in [0, 0.1) is 6.92 Å². The number of rotatable bonds is 2. The first-order valence-corrected chi connectivity index (χ1v) is 4.55. The van der Waals surface area contributed by atoms with E-state index in [1.54, 1.807) is 0 Å². The fourth-order valence-electron chi connectivity index (χ4n) is 0.753. The van der Waals surface area contributed by atoms with E-state index in [1.165, 1.54) is 5.56 Å². The predicted molar refractivity (Wildman–Crippen MR) is 50.0 cm³/mol. The largest absolute Gasteiger partial charge is 0.449 e. The molecule has 0 unspecified atom stereocenters. The molecule has 11 heavy (non-hydrogen) atoms. The zero-order valence-corrected chi connectivity index (χ0v) is 7.15. The van der Waals surface area contributed by atoms with Gasteiger partial charge in [-0.3, -0.25) is 0 Å². The molecule has 0 amide bonds. The van der Waals surface area contributed by atoms with Crippen molar-refractivity contribution in [2.45, 2.75) is 6.92 Å². The molecule has 2 nitrogen and oxygen atoms in total. The van der Waals surface area contributed by atoms with Crippen LogP contribution in [0.5, 0.6) is 0 Å². The molecule has 60 valence electrons. The first-order valence-electron chi connectivity index (χ1n) is 3.23. The zero-order valence-electron chi connectivity index (χ0n) is 6.33. The summed E-state index contributed by atoms with van der Waals surface area (Å²) in [4.78, 5) is 0. The third-order valence-electron chi connectivity index (χ3n) is 1.28. The molecule has 1 aromatic rings. The smallest absolute Gasteiger partial charge is 0.0171 e. The molecule has 0 fully saturated rings. The number of hydrogen-bond donors (Lipinski definition) is 1. The Labute approximate surface area is 68.4 Å². The van der Waals surface area contributed by atoms with E-state index < -0.39 is 10.6 Å². The van der Waals surface area contributed by atoms with Gasteiger partial charge in [0.15, 0.2) is 0 Å². The average Bonchev–Trinajstić information content (AvgIpc) is 1.93. The number of nitrogens with one attached hydrogen (secondary N) is 1. The Hall–Kier alpha value is -0.960. The predicted octanol–water partition coefficient (Wildman–Crippen LogP) is 1.72. The summed E-state index contributed by atoms with van der Waals surface area (Å²) >= 11 is 0. The van der Waals surface area contributed by atoms with E-state index in [4.69, 9.17) is 0 Å². The lowest BCUT2D eigenvalue weighted by atomic mass is 10.2. The summed E-state index contributed by atoms with van der Waals surface area (Å²) in [6, 6.07) is 7.65. The molecule has 0 atom stereocenters. The maximum Gasteiger partial charge on any atom is 0.0171 e. The number of benzene rings is 1. The first-order chi connectivity index (χ1) is 5.18. The molecule has 0 heterocycles. The van der Waals surface area contributed by atoms with Gasteiger partial charge < -0.3 is 8.93 Å². The van der Waals surface area contributed by atoms with Crippen molar-refractivity contribution in [3.63, 3.8) is 0 Å². The molecule has 3 heteroatoms. The van der Waals surface area contributed by atoms with Crippen LogP contribution in [0.1, 0.15) is 5.56 Å². The minimum atomic E-state index is -1.22. The highest BCUT2D eigenvalue weighted by molar-refractivity contribution is 7.83. The van der Waals surface area contributed by atoms with Crippen LogP contribution < -0.4 is 4.72 Å². The molecule has 0 aliphatic carbocycles. The highest BCUT2D eigenvalue weighted by atomic mass is 32.2. The summed E-state index contributed by atoms with van der Waals surface area (Å²) in [6.45, 7) is 2.00. The van der Waals surface area contributed by atoms with Crippen molar-refractivity contribution >= 4 is 22.1 Å². The average molecular weight is 168 g/mol. The van der Waals surface area contributed by atoms with E-state index >= 15 is 0 Å². The topological polar surface area (TPSA) is 29.1 Å². The molecule has 0 bridgehead atoms. The van der Waals surface area contributed by atoms with Crippen molar-refractivity contribution in [3.05, 3.63) is 29.8 Å². The van der Waals surface area contributed by atoms with Crippen LogP contribution in [0.4, 0.5) is 5.69 Å². The van der Waals surface area contributed by atoms with Crippen LogP contribution >= 0.6 is 0 Å². The van der Waals surface area contributed by atoms with Gasteiger partial charge >= 0.3 is 0 Å². The molecule has 1 aromatic carbocycles. The molecule has 0 saturated carbocycles. The lowest BCUT2D eigenvalue weighted by Gasteiger charge is -2.07. The van der Waals surface area contributed by atoms with Crippen LogP contribution in [0.15, 0.2) is 24.3 Å². The summed E-state index contributed by atoms with van der Waals surface area (Å²) in [7, 11) is -1.22. The Balaban J connectivity index is 2.82. The van der Waals surface area contributed by atoms with E-state index in [1.807, 2.05) is 31.2 Å². The Kier molecular flexibility index (Phi) is 2.54. The lowest BCUT2D eigenvalue weighted by Crippen LogP contribution is -1.92. The molecule has 0 aromatic heterocycles. The van der Waals surface area contributed by atoms with E-state index in [0.717, 1.165) is 5.69 Å². The minimum Gasteiger partial charge on any atom is -0.449 e. The highest BCUT2D eigenvalue weighted by Crippen LogP contribution is 2.07. The van der Waals surface area contributed by atoms with Crippen LogP contribution in [0.25, 0.3) is 0 Å². The summed E-state index contributed by atoms with van der Waals surface area (Å²) in [5.74, 6) is 3.32. The van der Waals surface area contributed by atoms with Gasteiger partial charge in [0.05, 0.1) is 0 Å². The molecule has 1 rings (SSSR count). The fourth-order valence-corrected chi connectivity index (χ4v) is 1.15. The van der Waals surface area contributed by atoms with Crippen molar-refractivity contribution in [1.29, 1.82) is 0 Å². The summed E-state index contributed by atoms with van der Waals surface area (Å²) in [5.41, 5.74) is 2.02. The van der Waals surface area contributed by atoms with Gasteiger partial charge in [-0.05, 0) is 19.1 Å².